The van der Waals surface area contributed by atoms with Gasteiger partial charge in [-0.15, -0.1) is 0 Å². The molecule has 2 aromatic rings. The van der Waals surface area contributed by atoms with Crippen LogP contribution in [0.4, 0.5) is 0 Å². The van der Waals surface area contributed by atoms with Crippen LogP contribution in [0.1, 0.15) is 50.8 Å². The number of hydrogen-bond acceptors (Lipinski definition) is 11. The molecule has 0 saturated heterocycles. The first kappa shape index (κ1) is 44.9. The number of aryl methyl sites for hydroxylation is 1. The Labute approximate surface area is 317 Å². The maximum atomic E-state index is 13.8. The maximum Gasteiger partial charge on any atom is 0.341 e. The molecule has 0 aliphatic carbocycles. The Bertz CT molecular complexity index is 1670. The number of ketones is 2. The second-order valence-electron chi connectivity index (χ2n) is 12.9. The molecular weight excluding hydrogens is 724 g/mol. The first-order valence-electron chi connectivity index (χ1n) is 17.0. The van der Waals surface area contributed by atoms with E-state index in [1.54, 1.807) is 19.1 Å². The average molecular weight is 773 g/mol. The third-order valence-electron chi connectivity index (χ3n) is 8.08. The summed E-state index contributed by atoms with van der Waals surface area (Å²) in [5, 5.41) is 38.7. The lowest BCUT2D eigenvalue weighted by Crippen LogP contribution is -2.60. The zero-order valence-electron chi connectivity index (χ0n) is 30.7. The molecule has 0 radical (unpaired) electrons. The molecule has 17 heteroatoms. The number of thioether (sulfide) groups is 1. The summed E-state index contributed by atoms with van der Waals surface area (Å²) in [5.74, 6) is -6.57. The SMILES string of the molecule is CC(=O)[C@H](Cc1cccc(C)c1)NC(=O)[C@H](CC(=O)O)NC(=O)[C@H](Cc1ccc(OCC(=O)O)cc1)NC(=O)[C@@H](NC(=O)CSC[C@H](C)C(C)=O)C(C)O. The van der Waals surface area contributed by atoms with Crippen LogP contribution in [0.15, 0.2) is 48.5 Å². The molecule has 1 unspecified atom stereocenters. The third kappa shape index (κ3) is 16.2. The number of rotatable bonds is 23. The van der Waals surface area contributed by atoms with Gasteiger partial charge in [-0.25, -0.2) is 4.79 Å². The minimum atomic E-state index is -1.69. The lowest BCUT2D eigenvalue weighted by Gasteiger charge is -2.27. The third-order valence-corrected chi connectivity index (χ3v) is 9.28. The summed E-state index contributed by atoms with van der Waals surface area (Å²) in [4.78, 5) is 100. The summed E-state index contributed by atoms with van der Waals surface area (Å²) in [5.41, 5.74) is 2.07. The normalized spacial score (nSPS) is 14.2. The summed E-state index contributed by atoms with van der Waals surface area (Å²) >= 11 is 1.15. The Morgan fingerprint density at radius 2 is 1.31 bits per heavy atom. The highest BCUT2D eigenvalue weighted by Gasteiger charge is 2.33. The van der Waals surface area contributed by atoms with E-state index < -0.39 is 84.6 Å². The number of aliphatic carboxylic acids is 2. The molecule has 0 aliphatic rings. The number of carboxylic acid groups (broad SMARTS) is 2. The molecule has 7 N–H and O–H groups in total. The fourth-order valence-electron chi connectivity index (χ4n) is 4.94. The van der Waals surface area contributed by atoms with E-state index >= 15 is 0 Å². The second-order valence-corrected chi connectivity index (χ2v) is 14.0. The van der Waals surface area contributed by atoms with Crippen LogP contribution in [0.5, 0.6) is 5.75 Å². The number of nitrogens with one attached hydrogen (secondary N) is 4. The van der Waals surface area contributed by atoms with Crippen molar-refractivity contribution >= 4 is 58.9 Å². The molecule has 2 rings (SSSR count). The fraction of sp³-hybridized carbons (Fsp3) is 0.459. The molecule has 0 aromatic heterocycles. The first-order valence-corrected chi connectivity index (χ1v) is 18.2. The van der Waals surface area contributed by atoms with Crippen molar-refractivity contribution in [3.63, 3.8) is 0 Å². The van der Waals surface area contributed by atoms with E-state index in [1.807, 2.05) is 19.1 Å². The van der Waals surface area contributed by atoms with Gasteiger partial charge in [0, 0.05) is 18.1 Å². The number of amides is 4. The van der Waals surface area contributed by atoms with Crippen molar-refractivity contribution in [3.05, 3.63) is 65.2 Å². The number of aliphatic hydroxyl groups is 1. The smallest absolute Gasteiger partial charge is 0.341 e. The quantitative estimate of drug-likeness (QED) is 0.0818. The minimum Gasteiger partial charge on any atom is -0.482 e. The van der Waals surface area contributed by atoms with E-state index in [0.29, 0.717) is 11.3 Å². The van der Waals surface area contributed by atoms with Crippen LogP contribution >= 0.6 is 11.8 Å². The van der Waals surface area contributed by atoms with Crippen LogP contribution < -0.4 is 26.0 Å². The van der Waals surface area contributed by atoms with Crippen molar-refractivity contribution in [2.45, 2.75) is 84.2 Å². The van der Waals surface area contributed by atoms with Gasteiger partial charge < -0.3 is 41.3 Å². The van der Waals surface area contributed by atoms with Crippen LogP contribution in [0, 0.1) is 12.8 Å². The van der Waals surface area contributed by atoms with Crippen LogP contribution in [0.2, 0.25) is 0 Å². The predicted octanol–water partition coefficient (Wildman–Crippen LogP) is 0.586. The Kier molecular flexibility index (Phi) is 18.3. The van der Waals surface area contributed by atoms with Gasteiger partial charge >= 0.3 is 11.9 Å². The molecule has 16 nitrogen and oxygen atoms in total. The van der Waals surface area contributed by atoms with Crippen molar-refractivity contribution in [2.24, 2.45) is 5.92 Å². The summed E-state index contributed by atoms with van der Waals surface area (Å²) < 4.78 is 5.14. The molecule has 294 valence electrons. The van der Waals surface area contributed by atoms with E-state index in [0.717, 1.165) is 22.9 Å². The molecule has 0 fully saturated rings. The highest BCUT2D eigenvalue weighted by Crippen LogP contribution is 2.15. The van der Waals surface area contributed by atoms with Crippen LogP contribution in [-0.2, 0) is 51.2 Å². The van der Waals surface area contributed by atoms with Gasteiger partial charge in [-0.1, -0.05) is 48.9 Å². The van der Waals surface area contributed by atoms with Crippen molar-refractivity contribution in [2.75, 3.05) is 18.1 Å². The summed E-state index contributed by atoms with van der Waals surface area (Å²) in [6.45, 7) is 6.89. The van der Waals surface area contributed by atoms with E-state index in [2.05, 4.69) is 21.3 Å². The predicted molar refractivity (Wildman–Crippen MR) is 198 cm³/mol. The maximum absolute atomic E-state index is 13.8. The van der Waals surface area contributed by atoms with E-state index in [9.17, 15) is 48.6 Å². The molecule has 4 amide bonds. The molecule has 0 bridgehead atoms. The summed E-state index contributed by atoms with van der Waals surface area (Å²) in [7, 11) is 0. The molecule has 54 heavy (non-hydrogen) atoms. The Morgan fingerprint density at radius 3 is 1.87 bits per heavy atom. The lowest BCUT2D eigenvalue weighted by molar-refractivity contribution is -0.141. The molecule has 6 atom stereocenters. The van der Waals surface area contributed by atoms with E-state index in [4.69, 9.17) is 9.84 Å². The first-order chi connectivity index (χ1) is 25.4. The average Bonchev–Trinajstić information content (AvgIpc) is 3.08. The minimum absolute atomic E-state index is 0.0557. The number of benzene rings is 2. The standard InChI is InChI=1S/C37H48N4O12S/c1-20-7-6-8-26(13-20)15-28(23(4)43)38-36(51)30(16-32(46)47)39-35(50)29(14-25-9-11-27(12-10-25)53-17-33(48)49)40-37(52)34(24(5)44)41-31(45)19-54-18-21(2)22(3)42/h6-13,21,24,28-30,34,44H,14-19H2,1-5H3,(H,38,51)(H,39,50)(H,40,52)(H,41,45)(H,46,47)(H,48,49)/t21-,24?,28-,29-,30-,34-/m0/s1. The summed E-state index contributed by atoms with van der Waals surface area (Å²) in [6.07, 6.45) is -2.47. The number of Topliss-reactive ketones (excluding diaryl/α,β-unsaturated/α-hetero) is 2. The van der Waals surface area contributed by atoms with Crippen LogP contribution in [0.3, 0.4) is 0 Å². The van der Waals surface area contributed by atoms with Crippen molar-refractivity contribution < 1.29 is 58.4 Å². The molecule has 0 spiro atoms. The molecule has 0 aliphatic heterocycles. The van der Waals surface area contributed by atoms with Gasteiger partial charge in [-0.3, -0.25) is 33.6 Å². The largest absolute Gasteiger partial charge is 0.482 e. The lowest BCUT2D eigenvalue weighted by atomic mass is 10.0. The molecule has 2 aromatic carbocycles. The number of aliphatic hydroxyl groups excluding tert-OH is 1. The number of ether oxygens (including phenoxy) is 1. The zero-order chi connectivity index (χ0) is 40.5. The van der Waals surface area contributed by atoms with Crippen molar-refractivity contribution in [3.8, 4) is 5.75 Å². The summed E-state index contributed by atoms with van der Waals surface area (Å²) in [6, 6.07) is 7.27. The topological polar surface area (TPSA) is 255 Å². The highest BCUT2D eigenvalue weighted by molar-refractivity contribution is 7.99. The monoisotopic (exact) mass is 772 g/mol. The number of carbonyl (C=O) groups is 8. The van der Waals surface area contributed by atoms with E-state index in [-0.39, 0.29) is 36.0 Å². The zero-order valence-corrected chi connectivity index (χ0v) is 31.6. The van der Waals surface area contributed by atoms with Crippen LogP contribution in [-0.4, -0.2) is 111 Å². The second kappa shape index (κ2) is 22.0. The Morgan fingerprint density at radius 1 is 0.722 bits per heavy atom. The van der Waals surface area contributed by atoms with E-state index in [1.165, 1.54) is 45.0 Å². The van der Waals surface area contributed by atoms with Gasteiger partial charge in [0.15, 0.2) is 12.4 Å². The van der Waals surface area contributed by atoms with Crippen LogP contribution in [0.25, 0.3) is 0 Å². The highest BCUT2D eigenvalue weighted by atomic mass is 32.2. The number of carbonyl (C=O) groups excluding carboxylic acids is 6. The molecular formula is C37H48N4O12S. The molecule has 0 saturated carbocycles. The molecule has 0 heterocycles. The van der Waals surface area contributed by atoms with Crippen molar-refractivity contribution in [1.29, 1.82) is 0 Å². The van der Waals surface area contributed by atoms with Gasteiger partial charge in [0.1, 0.15) is 29.7 Å². The van der Waals surface area contributed by atoms with Gasteiger partial charge in [-0.05, 0) is 57.4 Å². The Hall–Kier alpha value is -5.29. The number of hydrogen-bond donors (Lipinski definition) is 7. The Balaban J connectivity index is 2.34. The fourth-order valence-corrected chi connectivity index (χ4v) is 5.91. The van der Waals surface area contributed by atoms with Gasteiger partial charge in [0.2, 0.25) is 23.6 Å². The number of carboxylic acids is 2. The van der Waals surface area contributed by atoms with Gasteiger partial charge in [0.05, 0.1) is 24.3 Å². The van der Waals surface area contributed by atoms with Gasteiger partial charge in [0.25, 0.3) is 0 Å². The van der Waals surface area contributed by atoms with Crippen molar-refractivity contribution in [1.82, 2.24) is 21.3 Å². The van der Waals surface area contributed by atoms with Gasteiger partial charge in [-0.2, -0.15) is 11.8 Å².